The summed E-state index contributed by atoms with van der Waals surface area (Å²) >= 11 is 0. The van der Waals surface area contributed by atoms with Gasteiger partial charge < -0.3 is 19.3 Å². The van der Waals surface area contributed by atoms with Gasteiger partial charge in [-0.1, -0.05) is 25.1 Å². The third-order valence-corrected chi connectivity index (χ3v) is 7.31. The summed E-state index contributed by atoms with van der Waals surface area (Å²) in [6.07, 6.45) is 0.968. The van der Waals surface area contributed by atoms with Crippen LogP contribution in [0.1, 0.15) is 49.4 Å². The van der Waals surface area contributed by atoms with Crippen molar-refractivity contribution in [3.8, 4) is 11.4 Å². The van der Waals surface area contributed by atoms with Gasteiger partial charge in [0.15, 0.2) is 5.60 Å². The highest BCUT2D eigenvalue weighted by atomic mass is 16.6. The van der Waals surface area contributed by atoms with Crippen LogP contribution in [0.15, 0.2) is 35.1 Å². The minimum atomic E-state index is -1.81. The van der Waals surface area contributed by atoms with Gasteiger partial charge in [-0.15, -0.1) is 0 Å². The fraction of sp³-hybridized carbons (Fsp3) is 0.423. The number of hydrogen-bond acceptors (Lipinski definition) is 6. The van der Waals surface area contributed by atoms with Crippen molar-refractivity contribution in [2.24, 2.45) is 0 Å². The van der Waals surface area contributed by atoms with Crippen LogP contribution in [-0.2, 0) is 34.7 Å². The number of esters is 1. The molecule has 7 nitrogen and oxygen atoms in total. The lowest BCUT2D eigenvalue weighted by atomic mass is 9.86. The maximum atomic E-state index is 13.5. The first-order valence-electron chi connectivity index (χ1n) is 11.5. The second-order valence-corrected chi connectivity index (χ2v) is 9.36. The molecule has 0 radical (unpaired) electrons. The van der Waals surface area contributed by atoms with Crippen molar-refractivity contribution < 1.29 is 14.6 Å². The molecule has 0 aliphatic carbocycles. The molecule has 2 aliphatic rings. The second kappa shape index (κ2) is 7.78. The van der Waals surface area contributed by atoms with Gasteiger partial charge >= 0.3 is 5.97 Å². The number of carbonyl (C=O) groups is 1. The van der Waals surface area contributed by atoms with Crippen molar-refractivity contribution in [1.29, 1.82) is 0 Å². The molecule has 5 rings (SSSR count). The Hall–Kier alpha value is -3.03. The summed E-state index contributed by atoms with van der Waals surface area (Å²) in [6, 6.07) is 10.3. The number of benzene rings is 1. The Morgan fingerprint density at radius 3 is 2.73 bits per heavy atom. The first-order valence-corrected chi connectivity index (χ1v) is 11.5. The number of para-hydroxylation sites is 1. The number of hydrogen-bond donors (Lipinski definition) is 1. The van der Waals surface area contributed by atoms with Crippen molar-refractivity contribution >= 4 is 16.9 Å². The fourth-order valence-corrected chi connectivity index (χ4v) is 4.94. The number of fused-ring (bicyclic) bond motifs is 5. The number of cyclic esters (lactones) is 1. The molecule has 172 valence electrons. The SMILES string of the molecule is CC[C@]1(O)C(=O)OCc2c1cc1n(c2=O)Cc2c-1nc1ccccc1c2CCN(C)C(C)C. The van der Waals surface area contributed by atoms with Gasteiger partial charge in [-0.2, -0.15) is 0 Å². The normalized spacial score (nSPS) is 19.1. The molecule has 3 aromatic rings. The summed E-state index contributed by atoms with van der Waals surface area (Å²) in [5.74, 6) is -0.705. The number of rotatable bonds is 5. The molecule has 4 heterocycles. The van der Waals surface area contributed by atoms with E-state index in [2.05, 4.69) is 31.9 Å². The van der Waals surface area contributed by atoms with E-state index in [0.29, 0.717) is 29.4 Å². The Labute approximate surface area is 192 Å². The number of aliphatic hydroxyl groups is 1. The Morgan fingerprint density at radius 1 is 1.24 bits per heavy atom. The molecule has 0 saturated carbocycles. The second-order valence-electron chi connectivity index (χ2n) is 9.36. The number of nitrogens with zero attached hydrogens (tertiary/aromatic N) is 3. The van der Waals surface area contributed by atoms with Crippen molar-refractivity contribution in [3.63, 3.8) is 0 Å². The number of likely N-dealkylation sites (N-methyl/N-ethyl adjacent to an activating group) is 1. The summed E-state index contributed by atoms with van der Waals surface area (Å²) in [5.41, 5.74) is 3.18. The van der Waals surface area contributed by atoms with Gasteiger partial charge in [0.2, 0.25) is 0 Å². The van der Waals surface area contributed by atoms with E-state index >= 15 is 0 Å². The summed E-state index contributed by atoms with van der Waals surface area (Å²) < 4.78 is 6.89. The molecule has 33 heavy (non-hydrogen) atoms. The Kier molecular flexibility index (Phi) is 5.14. The minimum Gasteiger partial charge on any atom is -0.458 e. The molecule has 7 heteroatoms. The smallest absolute Gasteiger partial charge is 0.343 e. The average molecular weight is 448 g/mol. The lowest BCUT2D eigenvalue weighted by Crippen LogP contribution is -2.44. The molecular weight excluding hydrogens is 418 g/mol. The average Bonchev–Trinajstić information content (AvgIpc) is 3.18. The van der Waals surface area contributed by atoms with E-state index < -0.39 is 11.6 Å². The zero-order valence-electron chi connectivity index (χ0n) is 19.5. The van der Waals surface area contributed by atoms with E-state index in [0.717, 1.165) is 35.1 Å². The maximum Gasteiger partial charge on any atom is 0.343 e. The van der Waals surface area contributed by atoms with Crippen LogP contribution in [0, 0.1) is 0 Å². The number of carbonyl (C=O) groups excluding carboxylic acids is 1. The maximum absolute atomic E-state index is 13.5. The topological polar surface area (TPSA) is 84.7 Å². The number of pyridine rings is 2. The molecule has 0 amide bonds. The number of ether oxygens (including phenoxy) is 1. The molecule has 0 unspecified atom stereocenters. The predicted octanol–water partition coefficient (Wildman–Crippen LogP) is 2.96. The van der Waals surface area contributed by atoms with Gasteiger partial charge in [0.25, 0.3) is 5.56 Å². The third kappa shape index (κ3) is 3.21. The van der Waals surface area contributed by atoms with Gasteiger partial charge in [0.05, 0.1) is 29.0 Å². The van der Waals surface area contributed by atoms with Crippen LogP contribution in [0.2, 0.25) is 0 Å². The molecule has 1 atom stereocenters. The van der Waals surface area contributed by atoms with E-state index in [1.54, 1.807) is 17.6 Å². The van der Waals surface area contributed by atoms with E-state index in [9.17, 15) is 14.7 Å². The van der Waals surface area contributed by atoms with Crippen LogP contribution in [0.5, 0.6) is 0 Å². The molecule has 2 aromatic heterocycles. The molecule has 0 spiro atoms. The van der Waals surface area contributed by atoms with E-state index in [-0.39, 0.29) is 18.6 Å². The van der Waals surface area contributed by atoms with Gasteiger partial charge in [0.1, 0.15) is 6.61 Å². The van der Waals surface area contributed by atoms with Gasteiger partial charge in [-0.3, -0.25) is 4.79 Å². The summed E-state index contributed by atoms with van der Waals surface area (Å²) in [5, 5.41) is 12.2. The Morgan fingerprint density at radius 2 is 2.00 bits per heavy atom. The van der Waals surface area contributed by atoms with Gasteiger partial charge in [0, 0.05) is 29.1 Å². The lowest BCUT2D eigenvalue weighted by Gasteiger charge is -2.31. The largest absolute Gasteiger partial charge is 0.458 e. The molecule has 0 bridgehead atoms. The van der Waals surface area contributed by atoms with Crippen LogP contribution in [0.25, 0.3) is 22.3 Å². The first kappa shape index (κ1) is 21.8. The van der Waals surface area contributed by atoms with Crippen LogP contribution >= 0.6 is 0 Å². The fourth-order valence-electron chi connectivity index (χ4n) is 4.94. The quantitative estimate of drug-likeness (QED) is 0.474. The zero-order chi connectivity index (χ0) is 23.5. The highest BCUT2D eigenvalue weighted by Gasteiger charge is 2.45. The van der Waals surface area contributed by atoms with E-state index in [1.165, 1.54) is 5.56 Å². The van der Waals surface area contributed by atoms with E-state index in [1.807, 2.05) is 18.2 Å². The first-order chi connectivity index (χ1) is 15.8. The highest BCUT2D eigenvalue weighted by molar-refractivity contribution is 5.89. The molecule has 0 saturated heterocycles. The highest BCUT2D eigenvalue weighted by Crippen LogP contribution is 2.40. The van der Waals surface area contributed by atoms with Gasteiger partial charge in [-0.25, -0.2) is 9.78 Å². The van der Waals surface area contributed by atoms with Crippen molar-refractivity contribution in [1.82, 2.24) is 14.5 Å². The minimum absolute atomic E-state index is 0.118. The van der Waals surface area contributed by atoms with E-state index in [4.69, 9.17) is 9.72 Å². The van der Waals surface area contributed by atoms with Crippen molar-refractivity contribution in [3.05, 3.63) is 62.9 Å². The molecular formula is C26H29N3O4. The summed E-state index contributed by atoms with van der Waals surface area (Å²) in [4.78, 5) is 33.1. The van der Waals surface area contributed by atoms with Crippen molar-refractivity contribution in [2.75, 3.05) is 13.6 Å². The third-order valence-electron chi connectivity index (χ3n) is 7.31. The summed E-state index contributed by atoms with van der Waals surface area (Å²) in [6.45, 7) is 7.25. The van der Waals surface area contributed by atoms with Crippen LogP contribution in [-0.4, -0.2) is 45.2 Å². The van der Waals surface area contributed by atoms with Crippen LogP contribution in [0.4, 0.5) is 0 Å². The van der Waals surface area contributed by atoms with Crippen LogP contribution < -0.4 is 5.56 Å². The van der Waals surface area contributed by atoms with Crippen molar-refractivity contribution in [2.45, 2.75) is 58.4 Å². The number of aromatic nitrogens is 2. The van der Waals surface area contributed by atoms with Crippen LogP contribution in [0.3, 0.4) is 0 Å². The molecule has 2 aliphatic heterocycles. The zero-order valence-corrected chi connectivity index (χ0v) is 19.5. The molecule has 1 N–H and O–H groups in total. The summed E-state index contributed by atoms with van der Waals surface area (Å²) in [7, 11) is 2.12. The molecule has 0 fully saturated rings. The molecule has 1 aromatic carbocycles. The monoisotopic (exact) mass is 447 g/mol. The predicted molar refractivity (Wildman–Crippen MR) is 126 cm³/mol. The lowest BCUT2D eigenvalue weighted by molar-refractivity contribution is -0.172. The Balaban J connectivity index is 1.72. The Bertz CT molecular complexity index is 1340. The standard InChI is InChI=1S/C26H29N3O4/c1-5-26(32)20-12-22-23-18(13-29(22)24(30)19(20)14-33-25(26)31)16(10-11-28(4)15(2)3)17-8-6-7-9-21(17)27-23/h6-9,12,15,32H,5,10-11,13-14H2,1-4H3/t26-/m1/s1. The van der Waals surface area contributed by atoms with Gasteiger partial charge in [-0.05, 0) is 51.4 Å².